The molecule has 0 saturated heterocycles. The summed E-state index contributed by atoms with van der Waals surface area (Å²) in [5.74, 6) is -0.903. The third-order valence-corrected chi connectivity index (χ3v) is 7.75. The van der Waals surface area contributed by atoms with Crippen molar-refractivity contribution in [1.82, 2.24) is 24.4 Å². The first-order chi connectivity index (χ1) is 20.1. The van der Waals surface area contributed by atoms with Crippen LogP contribution in [0.1, 0.15) is 27.0 Å². The van der Waals surface area contributed by atoms with Crippen LogP contribution < -0.4 is 5.32 Å². The Kier molecular flexibility index (Phi) is 10.3. The molecule has 0 aliphatic heterocycles. The van der Waals surface area contributed by atoms with Crippen molar-refractivity contribution in [3.05, 3.63) is 73.3 Å². The van der Waals surface area contributed by atoms with Crippen LogP contribution >= 0.6 is 7.82 Å². The fourth-order valence-electron chi connectivity index (χ4n) is 4.24. The predicted molar refractivity (Wildman–Crippen MR) is 159 cm³/mol. The topological polar surface area (TPSA) is 121 Å². The number of aromatic nitrogens is 4. The summed E-state index contributed by atoms with van der Waals surface area (Å²) in [6, 6.07) is 6.70. The minimum absolute atomic E-state index is 0.138. The van der Waals surface area contributed by atoms with E-state index in [9.17, 15) is 13.8 Å². The zero-order chi connectivity index (χ0) is 30.3. The van der Waals surface area contributed by atoms with Gasteiger partial charge >= 0.3 is 7.82 Å². The number of amides is 1. The molecule has 4 rings (SSSR count). The molecule has 0 saturated carbocycles. The van der Waals surface area contributed by atoms with Crippen LogP contribution in [0.4, 0.5) is 10.1 Å². The van der Waals surface area contributed by atoms with E-state index in [0.717, 1.165) is 0 Å². The number of carbonyl (C=O) groups is 1. The smallest absolute Gasteiger partial charge is 0.321 e. The zero-order valence-electron chi connectivity index (χ0n) is 24.2. The van der Waals surface area contributed by atoms with Gasteiger partial charge in [-0.15, -0.1) is 0 Å². The van der Waals surface area contributed by atoms with E-state index >= 15 is 0 Å². The van der Waals surface area contributed by atoms with Gasteiger partial charge in [-0.3, -0.25) is 23.3 Å². The number of anilines is 1. The maximum Gasteiger partial charge on any atom is 0.476 e. The van der Waals surface area contributed by atoms with Gasteiger partial charge in [0.25, 0.3) is 0 Å². The molecule has 222 valence electrons. The van der Waals surface area contributed by atoms with Crippen molar-refractivity contribution in [2.45, 2.75) is 27.0 Å². The number of nitrogens with one attached hydrogen (secondary N) is 1. The number of nitrogens with zero attached hydrogens (tertiary/aromatic N) is 5. The highest BCUT2D eigenvalue weighted by Crippen LogP contribution is 2.52. The molecule has 0 fully saturated rings. The lowest BCUT2D eigenvalue weighted by Gasteiger charge is -2.22. The number of hydrogen-bond donors (Lipinski definition) is 1. The second kappa shape index (κ2) is 13.9. The molecule has 1 N–H and O–H groups in total. The molecular formula is C29H34FN6O5P. The molecule has 1 unspecified atom stereocenters. The number of carbonyl (C=O) groups excluding carboxylic acids is 1. The van der Waals surface area contributed by atoms with Crippen molar-refractivity contribution in [3.63, 3.8) is 0 Å². The summed E-state index contributed by atoms with van der Waals surface area (Å²) in [5, 5.41) is 3.50. The van der Waals surface area contributed by atoms with Crippen molar-refractivity contribution >= 4 is 30.5 Å². The van der Waals surface area contributed by atoms with Gasteiger partial charge in [0.15, 0.2) is 0 Å². The van der Waals surface area contributed by atoms with E-state index in [2.05, 4.69) is 20.3 Å². The maximum atomic E-state index is 14.1. The fourth-order valence-corrected chi connectivity index (χ4v) is 5.54. The Morgan fingerprint density at radius 2 is 1.83 bits per heavy atom. The monoisotopic (exact) mass is 596 g/mol. The Morgan fingerprint density at radius 3 is 2.52 bits per heavy atom. The normalized spacial score (nSPS) is 12.8. The second-order valence-corrected chi connectivity index (χ2v) is 11.1. The molecule has 4 heterocycles. The number of hydrogen-bond acceptors (Lipinski definition) is 9. The van der Waals surface area contributed by atoms with Crippen LogP contribution in [0.5, 0.6) is 0 Å². The molecule has 1 amide bonds. The SMILES string of the molecule is CCOP(=O)(OCC)OC(C)n1cc(-c2ccnc(F)c2)c2cc(-c3cncc(NC(=O)C=CCN(C)C)c3)cnc21. The fraction of sp³-hybridized carbons (Fsp3) is 0.310. The first kappa shape index (κ1) is 31.1. The predicted octanol–water partition coefficient (Wildman–Crippen LogP) is 6.07. The summed E-state index contributed by atoms with van der Waals surface area (Å²) in [7, 11) is -0.0134. The van der Waals surface area contributed by atoms with Crippen LogP contribution in [-0.2, 0) is 22.9 Å². The lowest BCUT2D eigenvalue weighted by molar-refractivity contribution is -0.111. The highest BCUT2D eigenvalue weighted by atomic mass is 31.2. The second-order valence-electron chi connectivity index (χ2n) is 9.52. The molecule has 0 radical (unpaired) electrons. The number of halogens is 1. The third-order valence-electron chi connectivity index (χ3n) is 6.03. The molecule has 0 aromatic carbocycles. The molecule has 13 heteroatoms. The Balaban J connectivity index is 1.73. The molecule has 0 aliphatic carbocycles. The van der Waals surface area contributed by atoms with E-state index in [1.54, 1.807) is 68.3 Å². The molecule has 0 aliphatic rings. The summed E-state index contributed by atoms with van der Waals surface area (Å²) in [5.41, 5.74) is 3.67. The van der Waals surface area contributed by atoms with Crippen molar-refractivity contribution < 1.29 is 27.3 Å². The molecule has 11 nitrogen and oxygen atoms in total. The van der Waals surface area contributed by atoms with Gasteiger partial charge < -0.3 is 14.8 Å². The van der Waals surface area contributed by atoms with Gasteiger partial charge in [0, 0.05) is 65.6 Å². The molecule has 0 bridgehead atoms. The van der Waals surface area contributed by atoms with E-state index in [0.29, 0.717) is 45.5 Å². The quantitative estimate of drug-likeness (QED) is 0.111. The van der Waals surface area contributed by atoms with Crippen molar-refractivity contribution in [1.29, 1.82) is 0 Å². The molecular weight excluding hydrogens is 562 g/mol. The van der Waals surface area contributed by atoms with Gasteiger partial charge in [0.2, 0.25) is 11.9 Å². The molecule has 0 spiro atoms. The molecule has 4 aromatic heterocycles. The van der Waals surface area contributed by atoms with Crippen LogP contribution in [0.15, 0.2) is 67.4 Å². The maximum absolute atomic E-state index is 14.1. The van der Waals surface area contributed by atoms with Crippen LogP contribution in [0, 0.1) is 5.95 Å². The zero-order valence-corrected chi connectivity index (χ0v) is 25.0. The number of likely N-dealkylation sites (N-methyl/N-ethyl adjacent to an activating group) is 1. The Morgan fingerprint density at radius 1 is 1.10 bits per heavy atom. The highest BCUT2D eigenvalue weighted by Gasteiger charge is 2.30. The van der Waals surface area contributed by atoms with Crippen LogP contribution in [0.3, 0.4) is 0 Å². The van der Waals surface area contributed by atoms with E-state index in [4.69, 9.17) is 13.6 Å². The molecule has 42 heavy (non-hydrogen) atoms. The Hall–Kier alpha value is -3.80. The van der Waals surface area contributed by atoms with Gasteiger partial charge in [-0.05, 0) is 58.6 Å². The standard InChI is InChI=1S/C29H34FN6O5P/c1-6-39-42(38,40-7-2)41-20(3)36-19-26(21-10-11-32-27(30)15-21)25-14-23(17-33-29(25)36)22-13-24(18-31-16-22)34-28(37)9-8-12-35(4)5/h8-11,13-20H,6-7,12H2,1-5H3,(H,34,37). The number of phosphoric acid groups is 1. The lowest BCUT2D eigenvalue weighted by Crippen LogP contribution is -2.13. The first-order valence-electron chi connectivity index (χ1n) is 13.4. The van der Waals surface area contributed by atoms with Crippen molar-refractivity contribution in [2.75, 3.05) is 39.2 Å². The lowest BCUT2D eigenvalue weighted by atomic mass is 10.0. The Bertz CT molecular complexity index is 1620. The number of phosphoric ester groups is 1. The number of rotatable bonds is 13. The summed E-state index contributed by atoms with van der Waals surface area (Å²) < 4.78 is 45.3. The Labute approximate surface area is 244 Å². The molecule has 4 aromatic rings. The highest BCUT2D eigenvalue weighted by molar-refractivity contribution is 7.48. The minimum atomic E-state index is -3.85. The summed E-state index contributed by atoms with van der Waals surface area (Å²) in [4.78, 5) is 26.9. The van der Waals surface area contributed by atoms with E-state index in [1.165, 1.54) is 18.3 Å². The average molecular weight is 597 g/mol. The van der Waals surface area contributed by atoms with Gasteiger partial charge in [0.05, 0.1) is 25.1 Å². The summed E-state index contributed by atoms with van der Waals surface area (Å²) >= 11 is 0. The van der Waals surface area contributed by atoms with E-state index < -0.39 is 20.0 Å². The first-order valence-corrected chi connectivity index (χ1v) is 14.9. The van der Waals surface area contributed by atoms with Gasteiger partial charge in [-0.1, -0.05) is 6.08 Å². The van der Waals surface area contributed by atoms with Gasteiger partial charge in [0.1, 0.15) is 11.9 Å². The van der Waals surface area contributed by atoms with Crippen LogP contribution in [0.2, 0.25) is 0 Å². The number of pyridine rings is 3. The number of fused-ring (bicyclic) bond motifs is 1. The van der Waals surface area contributed by atoms with Crippen molar-refractivity contribution in [2.24, 2.45) is 0 Å². The third kappa shape index (κ3) is 7.72. The van der Waals surface area contributed by atoms with Crippen LogP contribution in [0.25, 0.3) is 33.3 Å². The average Bonchev–Trinajstić information content (AvgIpc) is 3.32. The molecule has 1 atom stereocenters. The van der Waals surface area contributed by atoms with Crippen LogP contribution in [-0.4, -0.2) is 64.2 Å². The van der Waals surface area contributed by atoms with E-state index in [1.807, 2.05) is 25.1 Å². The largest absolute Gasteiger partial charge is 0.476 e. The minimum Gasteiger partial charge on any atom is -0.321 e. The van der Waals surface area contributed by atoms with Crippen molar-refractivity contribution in [3.8, 4) is 22.3 Å². The van der Waals surface area contributed by atoms with E-state index in [-0.39, 0.29) is 19.1 Å². The summed E-state index contributed by atoms with van der Waals surface area (Å²) in [6.45, 7) is 6.00. The van der Waals surface area contributed by atoms with Gasteiger partial charge in [-0.25, -0.2) is 14.5 Å². The van der Waals surface area contributed by atoms with Gasteiger partial charge in [-0.2, -0.15) is 4.39 Å². The summed E-state index contributed by atoms with van der Waals surface area (Å²) in [6.07, 6.45) is 10.4.